The predicted molar refractivity (Wildman–Crippen MR) is 105 cm³/mol. The number of hydrogen-bond donors (Lipinski definition) is 2. The molecule has 0 saturated heterocycles. The highest BCUT2D eigenvalue weighted by molar-refractivity contribution is 6.30. The van der Waals surface area contributed by atoms with Crippen LogP contribution in [0.15, 0.2) is 48.5 Å². The summed E-state index contributed by atoms with van der Waals surface area (Å²) >= 11 is 5.93. The predicted octanol–water partition coefficient (Wildman–Crippen LogP) is 2.77. The van der Waals surface area contributed by atoms with Crippen LogP contribution in [-0.2, 0) is 16.1 Å². The third kappa shape index (κ3) is 4.78. The van der Waals surface area contributed by atoms with Gasteiger partial charge in [0.05, 0.1) is 18.3 Å². The van der Waals surface area contributed by atoms with Crippen LogP contribution in [0.3, 0.4) is 0 Å². The van der Waals surface area contributed by atoms with Gasteiger partial charge in [-0.05, 0) is 43.7 Å². The van der Waals surface area contributed by atoms with Crippen molar-refractivity contribution in [3.8, 4) is 5.75 Å². The summed E-state index contributed by atoms with van der Waals surface area (Å²) in [6.07, 6.45) is -0.891. The summed E-state index contributed by atoms with van der Waals surface area (Å²) in [4.78, 5) is 25.6. The summed E-state index contributed by atoms with van der Waals surface area (Å²) in [5.74, 6) is -0.133. The molecule has 1 unspecified atom stereocenters. The van der Waals surface area contributed by atoms with Gasteiger partial charge >= 0.3 is 0 Å². The highest BCUT2D eigenvalue weighted by Crippen LogP contribution is 2.33. The van der Waals surface area contributed by atoms with E-state index in [-0.39, 0.29) is 6.54 Å². The number of anilines is 1. The summed E-state index contributed by atoms with van der Waals surface area (Å²) in [6.45, 7) is 3.43. The molecule has 0 saturated carbocycles. The maximum atomic E-state index is 12.5. The molecule has 0 aromatic heterocycles. The van der Waals surface area contributed by atoms with Crippen molar-refractivity contribution in [2.75, 3.05) is 12.0 Å². The van der Waals surface area contributed by atoms with Crippen LogP contribution in [0, 0.1) is 0 Å². The molecule has 0 bridgehead atoms. The molecule has 2 N–H and O–H groups in total. The molecule has 6 nitrogen and oxygen atoms in total. The molecule has 2 amide bonds. The molecule has 0 aliphatic rings. The van der Waals surface area contributed by atoms with Crippen LogP contribution in [0.5, 0.6) is 5.75 Å². The quantitative estimate of drug-likeness (QED) is 0.679. The van der Waals surface area contributed by atoms with E-state index in [9.17, 15) is 14.7 Å². The van der Waals surface area contributed by atoms with Crippen LogP contribution >= 0.6 is 11.6 Å². The van der Waals surface area contributed by atoms with Gasteiger partial charge in [-0.1, -0.05) is 35.9 Å². The number of aliphatic hydroxyl groups excluding tert-OH is 1. The highest BCUT2D eigenvalue weighted by atomic mass is 35.5. The summed E-state index contributed by atoms with van der Waals surface area (Å²) in [6, 6.07) is 14.0. The number of halogens is 1. The van der Waals surface area contributed by atoms with E-state index in [0.717, 1.165) is 5.56 Å². The standard InChI is InChI=1S/C20H23ClN2O4/c1-20(2,23(13-24)16-9-4-5-10-17(16)27-3)18(25)19(26)22-12-14-7-6-8-15(21)11-14/h4-11,13,18,25H,12H2,1-3H3,(H,22,26). The Hall–Kier alpha value is -2.57. The van der Waals surface area contributed by atoms with Gasteiger partial charge in [-0.25, -0.2) is 0 Å². The van der Waals surface area contributed by atoms with E-state index in [1.807, 2.05) is 6.07 Å². The molecule has 27 heavy (non-hydrogen) atoms. The van der Waals surface area contributed by atoms with Crippen molar-refractivity contribution >= 4 is 29.6 Å². The van der Waals surface area contributed by atoms with Gasteiger partial charge < -0.3 is 20.1 Å². The molecule has 0 heterocycles. The van der Waals surface area contributed by atoms with Gasteiger partial charge in [-0.2, -0.15) is 0 Å². The van der Waals surface area contributed by atoms with E-state index >= 15 is 0 Å². The second kappa shape index (κ2) is 8.88. The third-order valence-corrected chi connectivity index (χ3v) is 4.58. The van der Waals surface area contributed by atoms with Crippen molar-refractivity contribution in [3.63, 3.8) is 0 Å². The Morgan fingerprint density at radius 3 is 2.63 bits per heavy atom. The van der Waals surface area contributed by atoms with Crippen LogP contribution in [-0.4, -0.2) is 36.2 Å². The molecule has 1 atom stereocenters. The van der Waals surface area contributed by atoms with Gasteiger partial charge in [0.2, 0.25) is 6.41 Å². The second-order valence-electron chi connectivity index (χ2n) is 6.55. The third-order valence-electron chi connectivity index (χ3n) is 4.34. The number of nitrogens with one attached hydrogen (secondary N) is 1. The first-order valence-corrected chi connectivity index (χ1v) is 8.77. The van der Waals surface area contributed by atoms with Crippen LogP contribution < -0.4 is 15.0 Å². The van der Waals surface area contributed by atoms with Crippen molar-refractivity contribution in [2.24, 2.45) is 0 Å². The fraction of sp³-hybridized carbons (Fsp3) is 0.300. The lowest BCUT2D eigenvalue weighted by Crippen LogP contribution is -2.57. The average Bonchev–Trinajstić information content (AvgIpc) is 2.66. The Morgan fingerprint density at radius 2 is 2.00 bits per heavy atom. The van der Waals surface area contributed by atoms with Crippen molar-refractivity contribution in [3.05, 3.63) is 59.1 Å². The SMILES string of the molecule is COc1ccccc1N(C=O)C(C)(C)C(O)C(=O)NCc1cccc(Cl)c1. The first kappa shape index (κ1) is 20.7. The molecule has 0 aliphatic heterocycles. The second-order valence-corrected chi connectivity index (χ2v) is 6.99. The number of aliphatic hydroxyl groups is 1. The Kier molecular flexibility index (Phi) is 6.82. The molecular weight excluding hydrogens is 368 g/mol. The highest BCUT2D eigenvalue weighted by Gasteiger charge is 2.40. The summed E-state index contributed by atoms with van der Waals surface area (Å²) in [5.41, 5.74) is 0.0500. The van der Waals surface area contributed by atoms with E-state index < -0.39 is 17.6 Å². The lowest BCUT2D eigenvalue weighted by molar-refractivity contribution is -0.132. The smallest absolute Gasteiger partial charge is 0.251 e. The topological polar surface area (TPSA) is 78.9 Å². The number of para-hydroxylation sites is 2. The minimum Gasteiger partial charge on any atom is -0.495 e. The molecule has 2 aromatic rings. The van der Waals surface area contributed by atoms with E-state index in [0.29, 0.717) is 22.9 Å². The van der Waals surface area contributed by atoms with E-state index in [4.69, 9.17) is 16.3 Å². The maximum absolute atomic E-state index is 12.5. The first-order valence-electron chi connectivity index (χ1n) is 8.39. The minimum atomic E-state index is -1.47. The number of hydrogen-bond acceptors (Lipinski definition) is 4. The van der Waals surface area contributed by atoms with Crippen LogP contribution in [0.2, 0.25) is 5.02 Å². The van der Waals surface area contributed by atoms with Crippen LogP contribution in [0.25, 0.3) is 0 Å². The zero-order valence-electron chi connectivity index (χ0n) is 15.5. The molecule has 2 rings (SSSR count). The van der Waals surface area contributed by atoms with Gasteiger partial charge in [0.25, 0.3) is 5.91 Å². The lowest BCUT2D eigenvalue weighted by atomic mass is 9.93. The average molecular weight is 391 g/mol. The number of methoxy groups -OCH3 is 1. The van der Waals surface area contributed by atoms with E-state index in [1.165, 1.54) is 12.0 Å². The number of carbonyl (C=O) groups is 2. The lowest BCUT2D eigenvalue weighted by Gasteiger charge is -2.39. The Labute approximate surface area is 163 Å². The monoisotopic (exact) mass is 390 g/mol. The minimum absolute atomic E-state index is 0.211. The zero-order chi connectivity index (χ0) is 20.0. The number of ether oxygens (including phenoxy) is 1. The fourth-order valence-corrected chi connectivity index (χ4v) is 2.93. The van der Waals surface area contributed by atoms with Crippen molar-refractivity contribution < 1.29 is 19.4 Å². The fourth-order valence-electron chi connectivity index (χ4n) is 2.72. The van der Waals surface area contributed by atoms with Crippen LogP contribution in [0.1, 0.15) is 19.4 Å². The van der Waals surface area contributed by atoms with Gasteiger partial charge in [-0.15, -0.1) is 0 Å². The zero-order valence-corrected chi connectivity index (χ0v) is 16.2. The molecule has 0 aliphatic carbocycles. The summed E-state index contributed by atoms with van der Waals surface area (Å²) in [7, 11) is 1.49. The number of nitrogens with zero attached hydrogens (tertiary/aromatic N) is 1. The van der Waals surface area contributed by atoms with Crippen molar-refractivity contribution in [2.45, 2.75) is 32.0 Å². The molecule has 0 fully saturated rings. The Bertz CT molecular complexity index is 810. The molecule has 0 radical (unpaired) electrons. The summed E-state index contributed by atoms with van der Waals surface area (Å²) in [5, 5.41) is 13.9. The number of carbonyl (C=O) groups excluding carboxylic acids is 2. The number of rotatable bonds is 8. The number of amides is 2. The number of benzene rings is 2. The Balaban J connectivity index is 2.17. The molecule has 7 heteroatoms. The molecule has 0 spiro atoms. The van der Waals surface area contributed by atoms with Gasteiger partial charge in [0.1, 0.15) is 5.75 Å². The van der Waals surface area contributed by atoms with Gasteiger partial charge in [0.15, 0.2) is 6.10 Å². The summed E-state index contributed by atoms with van der Waals surface area (Å²) < 4.78 is 5.28. The molecule has 2 aromatic carbocycles. The van der Waals surface area contributed by atoms with Gasteiger partial charge in [0, 0.05) is 11.6 Å². The van der Waals surface area contributed by atoms with Crippen molar-refractivity contribution in [1.29, 1.82) is 0 Å². The molecule has 144 valence electrons. The Morgan fingerprint density at radius 1 is 1.30 bits per heavy atom. The maximum Gasteiger partial charge on any atom is 0.251 e. The largest absolute Gasteiger partial charge is 0.495 e. The van der Waals surface area contributed by atoms with Gasteiger partial charge in [-0.3, -0.25) is 9.59 Å². The van der Waals surface area contributed by atoms with E-state index in [2.05, 4.69) is 5.32 Å². The normalized spacial score (nSPS) is 12.2. The first-order chi connectivity index (χ1) is 12.8. The van der Waals surface area contributed by atoms with E-state index in [1.54, 1.807) is 56.3 Å². The van der Waals surface area contributed by atoms with Crippen molar-refractivity contribution in [1.82, 2.24) is 5.32 Å². The van der Waals surface area contributed by atoms with Crippen LogP contribution in [0.4, 0.5) is 5.69 Å². The molecular formula is C20H23ClN2O4.